The number of hydrogen-bond donors (Lipinski definition) is 0. The van der Waals surface area contributed by atoms with Gasteiger partial charge in [0.05, 0.1) is 0 Å². The maximum absolute atomic E-state index is 2.61. The molecule has 6 aromatic carbocycles. The molecule has 0 radical (unpaired) electrons. The minimum Gasteiger partial charge on any atom is -0.136 e. The molecule has 0 saturated heterocycles. The lowest BCUT2D eigenvalue weighted by atomic mass is 10.0. The molecule has 0 bridgehead atoms. The summed E-state index contributed by atoms with van der Waals surface area (Å²) in [4.78, 5) is 5.67. The van der Waals surface area contributed by atoms with Crippen molar-refractivity contribution in [3.05, 3.63) is 199 Å². The molecule has 0 aromatic heterocycles. The highest BCUT2D eigenvalue weighted by molar-refractivity contribution is 8.37. The van der Waals surface area contributed by atoms with E-state index >= 15 is 0 Å². The van der Waals surface area contributed by atoms with Crippen molar-refractivity contribution in [2.45, 2.75) is 28.0 Å². The average molecular weight is 615 g/mol. The Hall–Kier alpha value is -4.63. The van der Waals surface area contributed by atoms with E-state index in [0.717, 1.165) is 6.42 Å². The summed E-state index contributed by atoms with van der Waals surface area (Å²) in [6.45, 7) is 2.40. The Balaban J connectivity index is 1.52. The standard InChI is InChI=1S/C43H38SSi/c1-35-19-17-18-30-43(35)44(36-20-7-2-8-21-36,37-22-9-3-10-23-37)38-31-33-42(34-32-38)45(39-24-11-4-12-25-39,40-26-13-5-14-27-40)41-28-15-6-16-29-41/h2-18,20-35H,19H2,1H3. The summed E-state index contributed by atoms with van der Waals surface area (Å²) in [5.74, 6) is 0.441. The van der Waals surface area contributed by atoms with Crippen LogP contribution in [0.4, 0.5) is 0 Å². The number of allylic oxidation sites excluding steroid dienone is 4. The van der Waals surface area contributed by atoms with Gasteiger partial charge in [-0.3, -0.25) is 0 Å². The maximum Gasteiger partial charge on any atom is 0.179 e. The first-order chi connectivity index (χ1) is 22.3. The molecular formula is C43H38SSi. The SMILES string of the molecule is CC1CC=CC=C1S(c1ccccc1)(c1ccccc1)c1ccc([Si](c2ccccc2)(c2ccccc2)c2ccccc2)cc1. The number of rotatable bonds is 8. The summed E-state index contributed by atoms with van der Waals surface area (Å²) in [7, 11) is -4.32. The second kappa shape index (κ2) is 12.8. The van der Waals surface area contributed by atoms with Crippen LogP contribution >= 0.6 is 10.0 Å². The fraction of sp³-hybridized carbons (Fsp3) is 0.0698. The van der Waals surface area contributed by atoms with Crippen molar-refractivity contribution in [1.29, 1.82) is 0 Å². The molecule has 2 heteroatoms. The Bertz CT molecular complexity index is 1760. The smallest absolute Gasteiger partial charge is 0.136 e. The van der Waals surface area contributed by atoms with Gasteiger partial charge in [-0.2, -0.15) is 0 Å². The Labute approximate surface area is 270 Å². The molecule has 0 fully saturated rings. The Morgan fingerprint density at radius 1 is 0.444 bits per heavy atom. The first-order valence-corrected chi connectivity index (χ1v) is 19.5. The van der Waals surface area contributed by atoms with E-state index < -0.39 is 18.1 Å². The summed E-state index contributed by atoms with van der Waals surface area (Å²) in [6.07, 6.45) is 8.06. The maximum atomic E-state index is 2.47. The molecule has 0 saturated carbocycles. The van der Waals surface area contributed by atoms with Gasteiger partial charge in [0.2, 0.25) is 0 Å². The molecule has 45 heavy (non-hydrogen) atoms. The highest BCUT2D eigenvalue weighted by atomic mass is 32.3. The van der Waals surface area contributed by atoms with E-state index in [1.54, 1.807) is 0 Å². The molecule has 0 nitrogen and oxygen atoms in total. The first-order valence-electron chi connectivity index (χ1n) is 15.8. The van der Waals surface area contributed by atoms with Crippen molar-refractivity contribution >= 4 is 38.8 Å². The second-order valence-electron chi connectivity index (χ2n) is 11.7. The van der Waals surface area contributed by atoms with Gasteiger partial charge in [-0.1, -0.05) is 165 Å². The van der Waals surface area contributed by atoms with E-state index in [2.05, 4.69) is 201 Å². The highest BCUT2D eigenvalue weighted by Crippen LogP contribution is 2.75. The molecule has 0 N–H and O–H groups in total. The predicted octanol–water partition coefficient (Wildman–Crippen LogP) is 8.83. The summed E-state index contributed by atoms with van der Waals surface area (Å²) < 4.78 is 0. The Morgan fingerprint density at radius 2 is 0.800 bits per heavy atom. The van der Waals surface area contributed by atoms with Gasteiger partial charge < -0.3 is 0 Å². The monoisotopic (exact) mass is 614 g/mol. The van der Waals surface area contributed by atoms with E-state index in [1.165, 1.54) is 40.3 Å². The van der Waals surface area contributed by atoms with Crippen LogP contribution < -0.4 is 20.7 Å². The lowest BCUT2D eigenvalue weighted by molar-refractivity contribution is 0.720. The molecule has 220 valence electrons. The molecule has 0 heterocycles. The Morgan fingerprint density at radius 3 is 1.20 bits per heavy atom. The first kappa shape index (κ1) is 29.1. The zero-order valence-electron chi connectivity index (χ0n) is 25.7. The highest BCUT2D eigenvalue weighted by Gasteiger charge is 2.42. The molecule has 0 spiro atoms. The van der Waals surface area contributed by atoms with Crippen molar-refractivity contribution in [3.8, 4) is 0 Å². The van der Waals surface area contributed by atoms with Gasteiger partial charge >= 0.3 is 0 Å². The molecule has 1 aliphatic carbocycles. The molecular weight excluding hydrogens is 577 g/mol. The molecule has 1 aliphatic rings. The molecule has 0 aliphatic heterocycles. The second-order valence-corrected chi connectivity index (χ2v) is 18.7. The summed E-state index contributed by atoms with van der Waals surface area (Å²) in [5.41, 5.74) is 0. The van der Waals surface area contributed by atoms with Gasteiger partial charge in [0.25, 0.3) is 0 Å². The fourth-order valence-electron chi connectivity index (χ4n) is 7.17. The minimum atomic E-state index is -2.61. The van der Waals surface area contributed by atoms with E-state index in [4.69, 9.17) is 0 Å². The van der Waals surface area contributed by atoms with Crippen LogP contribution in [0.1, 0.15) is 13.3 Å². The summed E-state index contributed by atoms with van der Waals surface area (Å²) in [5, 5.41) is 5.59. The van der Waals surface area contributed by atoms with Crippen LogP contribution in [-0.4, -0.2) is 8.07 Å². The van der Waals surface area contributed by atoms with Crippen LogP contribution in [0.5, 0.6) is 0 Å². The van der Waals surface area contributed by atoms with Crippen molar-refractivity contribution in [2.75, 3.05) is 0 Å². The van der Waals surface area contributed by atoms with Crippen LogP contribution in [0.2, 0.25) is 0 Å². The molecule has 6 aromatic rings. The summed E-state index contributed by atoms with van der Waals surface area (Å²) in [6, 6.07) is 65.9. The van der Waals surface area contributed by atoms with Crippen molar-refractivity contribution in [1.82, 2.24) is 0 Å². The average Bonchev–Trinajstić information content (AvgIpc) is 3.13. The van der Waals surface area contributed by atoms with Gasteiger partial charge in [-0.25, -0.2) is 0 Å². The fourth-order valence-corrected chi connectivity index (χ4v) is 16.2. The van der Waals surface area contributed by atoms with Crippen LogP contribution in [-0.2, 0) is 0 Å². The van der Waals surface area contributed by atoms with Gasteiger partial charge in [0.1, 0.15) is 0 Å². The largest absolute Gasteiger partial charge is 0.179 e. The van der Waals surface area contributed by atoms with Gasteiger partial charge in [0, 0.05) is 14.7 Å². The van der Waals surface area contributed by atoms with Crippen LogP contribution in [0, 0.1) is 5.92 Å². The quantitative estimate of drug-likeness (QED) is 0.119. The topological polar surface area (TPSA) is 0 Å². The lowest BCUT2D eigenvalue weighted by Gasteiger charge is -2.46. The van der Waals surface area contributed by atoms with E-state index in [1.807, 2.05) is 0 Å². The lowest BCUT2D eigenvalue weighted by Crippen LogP contribution is -2.74. The van der Waals surface area contributed by atoms with Crippen molar-refractivity contribution in [2.24, 2.45) is 5.92 Å². The van der Waals surface area contributed by atoms with Crippen LogP contribution in [0.15, 0.2) is 214 Å². The van der Waals surface area contributed by atoms with Gasteiger partial charge in [-0.15, -0.1) is 10.0 Å². The van der Waals surface area contributed by atoms with E-state index in [-0.39, 0.29) is 0 Å². The van der Waals surface area contributed by atoms with Crippen molar-refractivity contribution in [3.63, 3.8) is 0 Å². The van der Waals surface area contributed by atoms with E-state index in [9.17, 15) is 0 Å². The third-order valence-corrected chi connectivity index (χ3v) is 18.2. The zero-order chi connectivity index (χ0) is 30.5. The van der Waals surface area contributed by atoms with Crippen LogP contribution in [0.3, 0.4) is 0 Å². The van der Waals surface area contributed by atoms with Gasteiger partial charge in [-0.05, 0) is 74.4 Å². The normalized spacial score (nSPS) is 15.3. The number of hydrogen-bond acceptors (Lipinski definition) is 0. The predicted molar refractivity (Wildman–Crippen MR) is 196 cm³/mol. The molecule has 1 atom stereocenters. The number of benzene rings is 6. The minimum absolute atomic E-state index is 0.441. The van der Waals surface area contributed by atoms with Gasteiger partial charge in [0.15, 0.2) is 8.07 Å². The summed E-state index contributed by atoms with van der Waals surface area (Å²) >= 11 is 0. The Kier molecular flexibility index (Phi) is 8.26. The molecule has 0 amide bonds. The third-order valence-electron chi connectivity index (χ3n) is 9.18. The zero-order valence-corrected chi connectivity index (χ0v) is 27.5. The van der Waals surface area contributed by atoms with E-state index in [0.29, 0.717) is 5.92 Å². The third kappa shape index (κ3) is 5.05. The van der Waals surface area contributed by atoms with Crippen molar-refractivity contribution < 1.29 is 0 Å². The molecule has 7 rings (SSSR count). The molecule has 1 unspecified atom stereocenters. The van der Waals surface area contributed by atoms with Crippen LogP contribution in [0.25, 0.3) is 0 Å².